The average molecular weight is 179 g/mol. The molecule has 1 radical (unpaired) electrons. The summed E-state index contributed by atoms with van der Waals surface area (Å²) < 4.78 is 0. The fourth-order valence-corrected chi connectivity index (χ4v) is 0. The minimum absolute atomic E-state index is 0. The number of hydrogen-bond donors (Lipinski definition) is 0. The number of hydrogen-bond acceptors (Lipinski definition) is 0. The van der Waals surface area contributed by atoms with E-state index in [1.807, 2.05) is 6.46 Å². The average Bonchev–Trinajstić information content (AvgIpc) is 1.00. The Balaban J connectivity index is -0.00000000500. The van der Waals surface area contributed by atoms with Gasteiger partial charge in [0.2, 0.25) is 0 Å². The van der Waals surface area contributed by atoms with E-state index in [0.29, 0.717) is 0 Å². The van der Waals surface area contributed by atoms with E-state index in [4.69, 9.17) is 0 Å². The molecule has 0 bridgehead atoms. The van der Waals surface area contributed by atoms with Gasteiger partial charge < -0.3 is 0 Å². The van der Waals surface area contributed by atoms with Gasteiger partial charge in [-0.15, -0.1) is 0 Å². The molecule has 0 saturated carbocycles. The van der Waals surface area contributed by atoms with E-state index in [1.165, 1.54) is 0 Å². The van der Waals surface area contributed by atoms with Gasteiger partial charge in [0.15, 0.2) is 0 Å². The molecular formula is H2BCoFeV. The van der Waals surface area contributed by atoms with Crippen LogP contribution in [0.2, 0.25) is 0 Å². The summed E-state index contributed by atoms with van der Waals surface area (Å²) in [5.74, 6) is 0. The van der Waals surface area contributed by atoms with Crippen LogP contribution in [0.25, 0.3) is 0 Å². The monoisotopic (exact) mass is 179 g/mol. The molecule has 0 aromatic heterocycles. The van der Waals surface area contributed by atoms with Crippen LogP contribution in [0.15, 0.2) is 0 Å². The Bertz CT molecular complexity index is 8.00. The van der Waals surface area contributed by atoms with Crippen molar-refractivity contribution in [1.82, 2.24) is 0 Å². The van der Waals surface area contributed by atoms with Crippen molar-refractivity contribution < 1.29 is 51.1 Å². The number of rotatable bonds is 0. The molecule has 0 unspecified atom stereocenters. The predicted octanol–water partition coefficient (Wildman–Crippen LogP) is -0.924. The van der Waals surface area contributed by atoms with Crippen LogP contribution in [0, 0.1) is 0 Å². The van der Waals surface area contributed by atoms with Gasteiger partial charge in [-0.1, -0.05) is 0 Å². The minimum Gasteiger partial charge on any atom is 0 e. The third kappa shape index (κ3) is 9.37. The molecular weight excluding hydrogens is 177 g/mol. The second kappa shape index (κ2) is 22.5. The molecule has 0 aliphatic rings. The van der Waals surface area contributed by atoms with Crippen molar-refractivity contribution >= 4 is 6.46 Å². The summed E-state index contributed by atoms with van der Waals surface area (Å²) in [6.45, 7) is 1.94. The van der Waals surface area contributed by atoms with E-state index in [-0.39, 0.29) is 33.8 Å². The molecule has 4 heteroatoms. The molecule has 0 aromatic carbocycles. The fraction of sp³-hybridized carbons (Fsp3) is 0. The normalized spacial score (nSPS) is 1.00. The first-order chi connectivity index (χ1) is 1.00. The van der Waals surface area contributed by atoms with Crippen molar-refractivity contribution in [3.05, 3.63) is 0 Å². The molecule has 0 rings (SSSR count). The van der Waals surface area contributed by atoms with Gasteiger partial charge >= 0.3 is 23.7 Å². The standard InChI is InChI=1S/BH2.Co.Fe.V/h1H2;;;/q+1;;;-1. The van der Waals surface area contributed by atoms with E-state index in [0.717, 1.165) is 0 Å². The van der Waals surface area contributed by atoms with Gasteiger partial charge in [0.05, 0.1) is 0 Å². The van der Waals surface area contributed by atoms with Gasteiger partial charge in [-0.3, -0.25) is 0 Å². The summed E-state index contributed by atoms with van der Waals surface area (Å²) >= 11 is 2.31. The molecule has 0 heterocycles. The summed E-state index contributed by atoms with van der Waals surface area (Å²) in [4.78, 5) is 0. The Morgan fingerprint density at radius 1 is 1.25 bits per heavy atom. The Kier molecular flexibility index (Phi) is 97.5. The second-order valence-corrected chi connectivity index (χ2v) is 0. The molecule has 0 spiro atoms. The fourth-order valence-electron chi connectivity index (χ4n) is 0. The maximum atomic E-state index is 2.31. The van der Waals surface area contributed by atoms with Gasteiger partial charge in [0.25, 0.3) is 0 Å². The topological polar surface area (TPSA) is 0 Å². The van der Waals surface area contributed by atoms with Crippen molar-refractivity contribution in [3.8, 4) is 0 Å². The Morgan fingerprint density at radius 3 is 1.25 bits per heavy atom. The van der Waals surface area contributed by atoms with Crippen LogP contribution in [0.1, 0.15) is 0 Å². The molecule has 4 heavy (non-hydrogen) atoms. The van der Waals surface area contributed by atoms with E-state index in [1.54, 1.807) is 0 Å². The molecule has 0 N–H and O–H groups in total. The molecule has 0 aromatic rings. The zero-order valence-electron chi connectivity index (χ0n) is 2.13. The first kappa shape index (κ1) is 17.3. The summed E-state index contributed by atoms with van der Waals surface area (Å²) in [5.41, 5.74) is 0. The van der Waals surface area contributed by atoms with Gasteiger partial charge in [-0.25, -0.2) is 0 Å². The molecule has 0 aliphatic carbocycles. The van der Waals surface area contributed by atoms with Gasteiger partial charge in [-0.05, 0) is 0 Å². The molecule has 27 valence electrons. The van der Waals surface area contributed by atoms with Gasteiger partial charge in [0.1, 0.15) is 0 Å². The summed E-state index contributed by atoms with van der Waals surface area (Å²) in [5, 5.41) is 0. The van der Waals surface area contributed by atoms with E-state index >= 15 is 0 Å². The summed E-state index contributed by atoms with van der Waals surface area (Å²) in [6, 6.07) is 0. The smallest absolute Gasteiger partial charge is 0 e. The summed E-state index contributed by atoms with van der Waals surface area (Å²) in [6.07, 6.45) is 0. The van der Waals surface area contributed by atoms with E-state index < -0.39 is 0 Å². The van der Waals surface area contributed by atoms with Crippen molar-refractivity contribution in [2.24, 2.45) is 0 Å². The van der Waals surface area contributed by atoms with Crippen LogP contribution in [-0.2, 0) is 51.1 Å². The molecule has 0 saturated heterocycles. The molecule has 0 nitrogen and oxygen atoms in total. The zero-order valence-corrected chi connectivity index (χ0v) is 5.68. The third-order valence-corrected chi connectivity index (χ3v) is 0. The first-order valence-corrected chi connectivity index (χ1v) is 1.84. The van der Waals surface area contributed by atoms with Gasteiger partial charge in [0, 0.05) is 33.8 Å². The molecule has 0 aliphatic heterocycles. The molecule has 0 atom stereocenters. The largest absolute Gasteiger partial charge is 0 e. The quantitative estimate of drug-likeness (QED) is 0.421. The van der Waals surface area contributed by atoms with Crippen LogP contribution in [0.5, 0.6) is 0 Å². The Labute approximate surface area is 57.3 Å². The van der Waals surface area contributed by atoms with Crippen molar-refractivity contribution in [1.29, 1.82) is 0 Å². The van der Waals surface area contributed by atoms with Crippen LogP contribution in [0.3, 0.4) is 0 Å². The Morgan fingerprint density at radius 2 is 1.25 bits per heavy atom. The predicted molar refractivity (Wildman–Crippen MR) is 8.54 cm³/mol. The van der Waals surface area contributed by atoms with E-state index in [9.17, 15) is 0 Å². The van der Waals surface area contributed by atoms with Crippen LogP contribution in [-0.4, -0.2) is 6.46 Å². The minimum atomic E-state index is 0. The maximum absolute atomic E-state index is 2.31. The van der Waals surface area contributed by atoms with Gasteiger partial charge in [-0.2, -0.15) is 0 Å². The maximum Gasteiger partial charge on any atom is 0 e. The van der Waals surface area contributed by atoms with Crippen LogP contribution in [0.4, 0.5) is 0 Å². The molecule has 0 amide bonds. The van der Waals surface area contributed by atoms with Crippen molar-refractivity contribution in [2.75, 3.05) is 0 Å². The van der Waals surface area contributed by atoms with Crippen molar-refractivity contribution in [3.63, 3.8) is 0 Å². The second-order valence-electron chi connectivity index (χ2n) is 0. The SMILES string of the molecule is [BH2][V].[Co].[Fe]. The first-order valence-electron chi connectivity index (χ1n) is 0.447. The van der Waals surface area contributed by atoms with Crippen LogP contribution < -0.4 is 0 Å². The van der Waals surface area contributed by atoms with Crippen LogP contribution >= 0.6 is 0 Å². The zero-order chi connectivity index (χ0) is 2.00. The molecule has 0 fully saturated rings. The third-order valence-electron chi connectivity index (χ3n) is 0. The van der Waals surface area contributed by atoms with E-state index in [2.05, 4.69) is 17.2 Å². The van der Waals surface area contributed by atoms with Crippen molar-refractivity contribution in [2.45, 2.75) is 0 Å². The Hall–Kier alpha value is 1.68. The summed E-state index contributed by atoms with van der Waals surface area (Å²) in [7, 11) is 0.